The Morgan fingerprint density at radius 1 is 0.889 bits per heavy atom. The predicted molar refractivity (Wildman–Crippen MR) is 28.2 cm³/mol. The van der Waals surface area contributed by atoms with Crippen LogP contribution in [0.5, 0.6) is 0 Å². The van der Waals surface area contributed by atoms with Crippen molar-refractivity contribution in [2.45, 2.75) is 11.6 Å². The molecule has 58 valence electrons. The number of rotatable bonds is 0. The summed E-state index contributed by atoms with van der Waals surface area (Å²) in [7, 11) is 0. The maximum atomic E-state index is 10.9. The molecule has 0 saturated heterocycles. The van der Waals surface area contributed by atoms with E-state index in [-0.39, 0.29) is 11.0 Å². The molecule has 0 aromatic rings. The van der Waals surface area contributed by atoms with Gasteiger partial charge in [-0.3, -0.25) is 0 Å². The van der Waals surface area contributed by atoms with Crippen LogP contribution in [0.25, 0.3) is 0 Å². The van der Waals surface area contributed by atoms with Crippen LogP contribution in [0.15, 0.2) is 0 Å². The van der Waals surface area contributed by atoms with Crippen molar-refractivity contribution in [1.82, 2.24) is 0 Å². The van der Waals surface area contributed by atoms with Crippen LogP contribution in [-0.2, 0) is 0 Å². The third kappa shape index (κ3) is 3.69. The van der Waals surface area contributed by atoms with E-state index in [1.54, 1.807) is 0 Å². The van der Waals surface area contributed by atoms with E-state index < -0.39 is 11.6 Å². The van der Waals surface area contributed by atoms with Gasteiger partial charge in [0.25, 0.3) is 0 Å². The molecule has 0 saturated carbocycles. The van der Waals surface area contributed by atoms with Gasteiger partial charge >= 0.3 is 11.6 Å². The fourth-order valence-corrected chi connectivity index (χ4v) is 0. The maximum absolute atomic E-state index is 10.9. The first-order valence-corrected chi connectivity index (χ1v) is 1.76. The first-order chi connectivity index (χ1) is 3.25. The molecule has 0 heterocycles. The molecule has 0 bridgehead atoms. The second-order valence-electron chi connectivity index (χ2n) is 0.996. The minimum atomic E-state index is -5.63. The first-order valence-electron chi connectivity index (χ1n) is 1.38. The number of hydrogen-bond acceptors (Lipinski definition) is 0. The molecule has 0 aromatic heterocycles. The van der Waals surface area contributed by atoms with Gasteiger partial charge in [0, 0.05) is 0 Å². The summed E-state index contributed by atoms with van der Waals surface area (Å²) in [6.45, 7) is 0. The molecule has 0 unspecified atom stereocenters. The summed E-state index contributed by atoms with van der Waals surface area (Å²) in [5.74, 6) is 0. The Morgan fingerprint density at radius 2 is 1.00 bits per heavy atom. The van der Waals surface area contributed by atoms with Gasteiger partial charge in [-0.25, -0.2) is 0 Å². The zero-order chi connectivity index (χ0) is 7.00. The predicted octanol–water partition coefficient (Wildman–Crippen LogP) is 0.929. The number of halogens is 6. The van der Waals surface area contributed by atoms with Crippen LogP contribution < -0.4 is 0 Å². The Hall–Kier alpha value is 0.157. The van der Waals surface area contributed by atoms with E-state index in [2.05, 4.69) is 11.6 Å². The summed E-state index contributed by atoms with van der Waals surface area (Å²) in [4.78, 5) is 0. The fraction of sp³-hybridized carbons (Fsp3) is 1.00. The summed E-state index contributed by atoms with van der Waals surface area (Å²) in [5.41, 5.74) is 0. The Balaban J connectivity index is 0. The second kappa shape index (κ2) is 2.83. The molecule has 0 atom stereocenters. The first kappa shape index (κ1) is 11.9. The third-order valence-electron chi connectivity index (χ3n) is 0.321. The van der Waals surface area contributed by atoms with Crippen LogP contribution in [0.2, 0.25) is 0 Å². The Labute approximate surface area is 57.0 Å². The van der Waals surface area contributed by atoms with Gasteiger partial charge in [0.1, 0.15) is 0 Å². The summed E-state index contributed by atoms with van der Waals surface area (Å²) in [6.07, 6.45) is -5.63. The minimum Gasteiger partial charge on any atom is -0.177 e. The van der Waals surface area contributed by atoms with Crippen molar-refractivity contribution in [3.63, 3.8) is 0 Å². The van der Waals surface area contributed by atoms with Crippen molar-refractivity contribution < 1.29 is 22.0 Å². The molecule has 0 aliphatic carbocycles. The molecular weight excluding hydrogens is 183 g/mol. The van der Waals surface area contributed by atoms with Gasteiger partial charge in [0.2, 0.25) is 0 Å². The van der Waals surface area contributed by atoms with Gasteiger partial charge in [0.15, 0.2) is 0 Å². The Bertz CT molecular complexity index is 69.9. The van der Waals surface area contributed by atoms with E-state index >= 15 is 0 Å². The smallest absolute Gasteiger partial charge is 0.177 e. The third-order valence-corrected chi connectivity index (χ3v) is 0.536. The lowest BCUT2D eigenvalue weighted by atomic mass is 10.7. The summed E-state index contributed by atoms with van der Waals surface area (Å²) in [5, 5.41) is -5.09. The average Bonchev–Trinajstić information content (AvgIpc) is 1.25. The van der Waals surface area contributed by atoms with Crippen LogP contribution in [-0.4, -0.2) is 22.5 Å². The molecule has 0 nitrogen and oxygen atoms in total. The van der Waals surface area contributed by atoms with Crippen LogP contribution in [0.4, 0.5) is 22.0 Å². The molecule has 0 N–H and O–H groups in total. The van der Waals surface area contributed by atoms with E-state index in [0.717, 1.165) is 0 Å². The summed E-state index contributed by atoms with van der Waals surface area (Å²) < 4.78 is 53.8. The molecule has 0 fully saturated rings. The highest BCUT2D eigenvalue weighted by Gasteiger charge is 2.56. The summed E-state index contributed by atoms with van der Waals surface area (Å²) >= 11 is 3.55. The van der Waals surface area contributed by atoms with Gasteiger partial charge in [-0.1, -0.05) is 0 Å². The highest BCUT2D eigenvalue weighted by Crippen LogP contribution is 2.38. The molecule has 0 aliphatic rings. The van der Waals surface area contributed by atoms with Crippen molar-refractivity contribution in [3.05, 3.63) is 0 Å². The van der Waals surface area contributed by atoms with E-state index in [0.29, 0.717) is 0 Å². The lowest BCUT2D eigenvalue weighted by Gasteiger charge is -2.10. The molecule has 0 aromatic carbocycles. The topological polar surface area (TPSA) is 0 Å². The van der Waals surface area contributed by atoms with Gasteiger partial charge in [-0.05, 0) is 22.6 Å². The highest BCUT2D eigenvalue weighted by atomic mass is 35.5. The number of alkyl halides is 6. The Morgan fingerprint density at radius 3 is 1.00 bits per heavy atom. The largest absolute Gasteiger partial charge is 0.469 e. The van der Waals surface area contributed by atoms with Gasteiger partial charge < -0.3 is 0 Å². The van der Waals surface area contributed by atoms with Gasteiger partial charge in [-0.2, -0.15) is 22.0 Å². The van der Waals surface area contributed by atoms with Crippen molar-refractivity contribution in [2.75, 3.05) is 0 Å². The molecule has 0 spiro atoms. The van der Waals surface area contributed by atoms with Crippen LogP contribution in [0.1, 0.15) is 0 Å². The molecule has 0 aliphatic heterocycles. The monoisotopic (exact) mass is 186 g/mol. The molecular formula is C2H4ClF5Si. The van der Waals surface area contributed by atoms with E-state index in [1.807, 2.05) is 0 Å². The Kier molecular flexibility index (Phi) is 3.74. The van der Waals surface area contributed by atoms with Gasteiger partial charge in [0.05, 0.1) is 0 Å². The molecule has 0 rings (SSSR count). The lowest BCUT2D eigenvalue weighted by Crippen LogP contribution is -2.29. The molecule has 9 heavy (non-hydrogen) atoms. The number of hydrogen-bond donors (Lipinski definition) is 0. The highest BCUT2D eigenvalue weighted by molar-refractivity contribution is 6.22. The SMILES string of the molecule is FC(F)(F)C(F)(F)Cl.[SiH4]. The van der Waals surface area contributed by atoms with Crippen LogP contribution >= 0.6 is 11.6 Å². The van der Waals surface area contributed by atoms with Crippen LogP contribution in [0.3, 0.4) is 0 Å². The van der Waals surface area contributed by atoms with Crippen molar-refractivity contribution in [1.29, 1.82) is 0 Å². The van der Waals surface area contributed by atoms with Gasteiger partial charge in [-0.15, -0.1) is 0 Å². The van der Waals surface area contributed by atoms with Crippen molar-refractivity contribution in [3.8, 4) is 0 Å². The molecule has 0 amide bonds. The zero-order valence-corrected chi connectivity index (χ0v) is 4.02. The summed E-state index contributed by atoms with van der Waals surface area (Å²) in [6, 6.07) is 0. The van der Waals surface area contributed by atoms with Crippen molar-refractivity contribution in [2.24, 2.45) is 0 Å². The standard InChI is InChI=1S/C2ClF5.H4Si/c3-1(4,5)2(6,7)8;/h;1H4. The van der Waals surface area contributed by atoms with E-state index in [9.17, 15) is 22.0 Å². The normalized spacial score (nSPS) is 12.7. The van der Waals surface area contributed by atoms with E-state index in [4.69, 9.17) is 0 Å². The molecule has 0 radical (unpaired) electrons. The minimum absolute atomic E-state index is 0. The lowest BCUT2D eigenvalue weighted by molar-refractivity contribution is -0.241. The zero-order valence-electron chi connectivity index (χ0n) is 3.27. The van der Waals surface area contributed by atoms with E-state index in [1.165, 1.54) is 0 Å². The quantitative estimate of drug-likeness (QED) is 0.300. The van der Waals surface area contributed by atoms with Crippen molar-refractivity contribution >= 4 is 22.6 Å². The second-order valence-corrected chi connectivity index (χ2v) is 1.47. The molecule has 7 heteroatoms. The fourth-order valence-electron chi connectivity index (χ4n) is 0. The average molecular weight is 187 g/mol. The van der Waals surface area contributed by atoms with Crippen LogP contribution in [0, 0.1) is 0 Å². The maximum Gasteiger partial charge on any atom is 0.469 e.